The molecule has 1 aliphatic heterocycles. The number of nitrogens with one attached hydrogen (secondary N) is 1. The molecule has 1 aromatic carbocycles. The van der Waals surface area contributed by atoms with Gasteiger partial charge in [-0.05, 0) is 56.5 Å². The number of carbonyl (C=O) groups excluding carboxylic acids is 1. The molecule has 1 atom stereocenters. The molecule has 0 saturated carbocycles. The molecular formula is C16H23FN2O2. The van der Waals surface area contributed by atoms with Crippen LogP contribution in [-0.4, -0.2) is 41.7 Å². The largest absolute Gasteiger partial charge is 0.393 e. The van der Waals surface area contributed by atoms with Crippen LogP contribution in [0.1, 0.15) is 25.3 Å². The highest BCUT2D eigenvalue weighted by atomic mass is 19.1. The number of amides is 1. The van der Waals surface area contributed by atoms with Gasteiger partial charge in [0.25, 0.3) is 0 Å². The van der Waals surface area contributed by atoms with E-state index < -0.39 is 0 Å². The van der Waals surface area contributed by atoms with Crippen molar-refractivity contribution in [3.05, 3.63) is 35.6 Å². The lowest BCUT2D eigenvalue weighted by molar-refractivity contribution is -0.122. The third-order valence-corrected chi connectivity index (χ3v) is 4.08. The van der Waals surface area contributed by atoms with Crippen LogP contribution in [0, 0.1) is 11.7 Å². The fraction of sp³-hybridized carbons (Fsp3) is 0.562. The van der Waals surface area contributed by atoms with Crippen molar-refractivity contribution < 1.29 is 14.3 Å². The van der Waals surface area contributed by atoms with Crippen LogP contribution in [0.25, 0.3) is 0 Å². The highest BCUT2D eigenvalue weighted by Gasteiger charge is 2.23. The zero-order valence-corrected chi connectivity index (χ0v) is 12.4. The van der Waals surface area contributed by atoms with Gasteiger partial charge in [0.15, 0.2) is 0 Å². The molecule has 116 valence electrons. The number of benzene rings is 1. The van der Waals surface area contributed by atoms with Crippen molar-refractivity contribution in [2.24, 2.45) is 5.92 Å². The fourth-order valence-electron chi connectivity index (χ4n) is 2.66. The summed E-state index contributed by atoms with van der Waals surface area (Å²) in [6, 6.07) is 6.12. The Hall–Kier alpha value is -1.46. The first-order chi connectivity index (χ1) is 10.0. The fourth-order valence-corrected chi connectivity index (χ4v) is 2.66. The maximum absolute atomic E-state index is 12.8. The van der Waals surface area contributed by atoms with E-state index in [2.05, 4.69) is 10.2 Å². The van der Waals surface area contributed by atoms with Crippen LogP contribution in [0.15, 0.2) is 24.3 Å². The summed E-state index contributed by atoms with van der Waals surface area (Å²) < 4.78 is 12.8. The van der Waals surface area contributed by atoms with E-state index >= 15 is 0 Å². The molecule has 21 heavy (non-hydrogen) atoms. The van der Waals surface area contributed by atoms with E-state index in [1.165, 1.54) is 12.1 Å². The first-order valence-corrected chi connectivity index (χ1v) is 7.46. The minimum absolute atomic E-state index is 0.0187. The summed E-state index contributed by atoms with van der Waals surface area (Å²) in [6.07, 6.45) is 1.60. The molecule has 1 amide bonds. The molecule has 0 radical (unpaired) electrons. The normalized spacial score (nSPS) is 18.4. The molecule has 2 rings (SSSR count). The molecule has 1 saturated heterocycles. The van der Waals surface area contributed by atoms with Gasteiger partial charge in [-0.15, -0.1) is 0 Å². The predicted molar refractivity (Wildman–Crippen MR) is 79.1 cm³/mol. The van der Waals surface area contributed by atoms with Gasteiger partial charge in [0.05, 0.1) is 12.6 Å². The lowest BCUT2D eigenvalue weighted by Crippen LogP contribution is -2.42. The van der Waals surface area contributed by atoms with Gasteiger partial charge >= 0.3 is 0 Å². The Morgan fingerprint density at radius 3 is 2.57 bits per heavy atom. The van der Waals surface area contributed by atoms with Crippen molar-refractivity contribution in [2.45, 2.75) is 32.4 Å². The van der Waals surface area contributed by atoms with E-state index in [0.717, 1.165) is 31.5 Å². The number of aliphatic hydroxyl groups is 1. The number of halogens is 1. The first kappa shape index (κ1) is 15.9. The van der Waals surface area contributed by atoms with Gasteiger partial charge in [0, 0.05) is 6.54 Å². The maximum atomic E-state index is 12.8. The number of hydrogen-bond donors (Lipinski definition) is 2. The van der Waals surface area contributed by atoms with E-state index in [4.69, 9.17) is 0 Å². The van der Waals surface area contributed by atoms with Gasteiger partial charge < -0.3 is 10.4 Å². The lowest BCUT2D eigenvalue weighted by atomic mass is 9.92. The molecule has 2 N–H and O–H groups in total. The average Bonchev–Trinajstić information content (AvgIpc) is 2.47. The van der Waals surface area contributed by atoms with Gasteiger partial charge in [-0.2, -0.15) is 0 Å². The number of rotatable bonds is 5. The second-order valence-corrected chi connectivity index (χ2v) is 5.76. The lowest BCUT2D eigenvalue weighted by Gasteiger charge is -2.32. The molecular weight excluding hydrogens is 271 g/mol. The molecule has 1 aliphatic rings. The number of piperidine rings is 1. The van der Waals surface area contributed by atoms with E-state index in [-0.39, 0.29) is 17.8 Å². The molecule has 0 aliphatic carbocycles. The van der Waals surface area contributed by atoms with E-state index in [0.29, 0.717) is 19.0 Å². The van der Waals surface area contributed by atoms with Crippen molar-refractivity contribution in [2.75, 3.05) is 19.6 Å². The Morgan fingerprint density at radius 1 is 1.38 bits per heavy atom. The van der Waals surface area contributed by atoms with Crippen LogP contribution in [0.4, 0.5) is 4.39 Å². The van der Waals surface area contributed by atoms with Gasteiger partial charge in [0.2, 0.25) is 5.91 Å². The predicted octanol–water partition coefficient (Wildman–Crippen LogP) is 1.53. The van der Waals surface area contributed by atoms with Crippen molar-refractivity contribution in [3.8, 4) is 0 Å². The highest BCUT2D eigenvalue weighted by molar-refractivity contribution is 5.78. The number of nitrogens with zero attached hydrogens (tertiary/aromatic N) is 1. The zero-order valence-electron chi connectivity index (χ0n) is 12.4. The van der Waals surface area contributed by atoms with Gasteiger partial charge in [-0.25, -0.2) is 4.39 Å². The Bertz CT molecular complexity index is 454. The minimum Gasteiger partial charge on any atom is -0.393 e. The summed E-state index contributed by atoms with van der Waals surface area (Å²) >= 11 is 0. The third kappa shape index (κ3) is 5.10. The number of aliphatic hydroxyl groups excluding tert-OH is 1. The third-order valence-electron chi connectivity index (χ3n) is 4.08. The molecule has 0 bridgehead atoms. The van der Waals surface area contributed by atoms with Crippen molar-refractivity contribution in [1.29, 1.82) is 0 Å². The summed E-state index contributed by atoms with van der Waals surface area (Å²) in [6.45, 7) is 4.33. The molecule has 0 aromatic heterocycles. The Kier molecular flexibility index (Phi) is 5.70. The van der Waals surface area contributed by atoms with Crippen LogP contribution >= 0.6 is 0 Å². The summed E-state index contributed by atoms with van der Waals surface area (Å²) in [7, 11) is 0. The summed E-state index contributed by atoms with van der Waals surface area (Å²) in [5.41, 5.74) is 0.887. The van der Waals surface area contributed by atoms with Crippen LogP contribution < -0.4 is 5.32 Å². The highest BCUT2D eigenvalue weighted by Crippen LogP contribution is 2.20. The van der Waals surface area contributed by atoms with Crippen LogP contribution in [-0.2, 0) is 11.3 Å². The van der Waals surface area contributed by atoms with Gasteiger partial charge in [-0.1, -0.05) is 12.1 Å². The van der Waals surface area contributed by atoms with E-state index in [9.17, 15) is 14.3 Å². The molecule has 0 spiro atoms. The Labute approximate surface area is 125 Å². The maximum Gasteiger partial charge on any atom is 0.234 e. The minimum atomic E-state index is -0.272. The molecule has 5 heteroatoms. The molecule has 1 heterocycles. The summed E-state index contributed by atoms with van der Waals surface area (Å²) in [5, 5.41) is 12.4. The van der Waals surface area contributed by atoms with E-state index in [1.807, 2.05) is 6.92 Å². The van der Waals surface area contributed by atoms with Crippen molar-refractivity contribution in [1.82, 2.24) is 10.2 Å². The quantitative estimate of drug-likeness (QED) is 0.866. The number of likely N-dealkylation sites (tertiary alicyclic amines) is 1. The van der Waals surface area contributed by atoms with E-state index in [1.54, 1.807) is 12.1 Å². The second-order valence-electron chi connectivity index (χ2n) is 5.76. The standard InChI is InChI=1S/C16H23FN2O2/c1-12(20)14-6-8-19(9-7-14)11-16(21)18-10-13-2-4-15(17)5-3-13/h2-5,12,14,20H,6-11H2,1H3,(H,18,21)/t12-/m0/s1. The Balaban J connectivity index is 1.69. The second kappa shape index (κ2) is 7.52. The number of carbonyl (C=O) groups is 1. The smallest absolute Gasteiger partial charge is 0.234 e. The summed E-state index contributed by atoms with van der Waals surface area (Å²) in [4.78, 5) is 14.0. The zero-order chi connectivity index (χ0) is 15.2. The van der Waals surface area contributed by atoms with Crippen LogP contribution in [0.2, 0.25) is 0 Å². The molecule has 1 fully saturated rings. The SMILES string of the molecule is C[C@H](O)C1CCN(CC(=O)NCc2ccc(F)cc2)CC1. The van der Waals surface area contributed by atoms with Crippen LogP contribution in [0.3, 0.4) is 0 Å². The topological polar surface area (TPSA) is 52.6 Å². The Morgan fingerprint density at radius 2 is 2.00 bits per heavy atom. The number of hydrogen-bond acceptors (Lipinski definition) is 3. The van der Waals surface area contributed by atoms with Crippen LogP contribution in [0.5, 0.6) is 0 Å². The van der Waals surface area contributed by atoms with Gasteiger partial charge in [-0.3, -0.25) is 9.69 Å². The monoisotopic (exact) mass is 294 g/mol. The molecule has 4 nitrogen and oxygen atoms in total. The van der Waals surface area contributed by atoms with Crippen molar-refractivity contribution in [3.63, 3.8) is 0 Å². The molecule has 1 aromatic rings. The van der Waals surface area contributed by atoms with Crippen molar-refractivity contribution >= 4 is 5.91 Å². The summed E-state index contributed by atoms with van der Waals surface area (Å²) in [5.74, 6) is 0.0596. The average molecular weight is 294 g/mol. The molecule has 0 unspecified atom stereocenters. The first-order valence-electron chi connectivity index (χ1n) is 7.46. The van der Waals surface area contributed by atoms with Gasteiger partial charge in [0.1, 0.15) is 5.82 Å².